The van der Waals surface area contributed by atoms with Gasteiger partial charge in [-0.15, -0.1) is 0 Å². The van der Waals surface area contributed by atoms with E-state index in [1.165, 1.54) is 0 Å². The summed E-state index contributed by atoms with van der Waals surface area (Å²) in [6, 6.07) is 7.86. The lowest BCUT2D eigenvalue weighted by Gasteiger charge is -2.53. The molecule has 0 saturated carbocycles. The van der Waals surface area contributed by atoms with Gasteiger partial charge >= 0.3 is 0 Å². The number of para-hydroxylation sites is 1. The van der Waals surface area contributed by atoms with Gasteiger partial charge in [0, 0.05) is 26.6 Å². The molecular formula is C17H21NO4. The highest BCUT2D eigenvalue weighted by atomic mass is 16.5. The van der Waals surface area contributed by atoms with Crippen LogP contribution < -0.4 is 4.74 Å². The Labute approximate surface area is 130 Å². The van der Waals surface area contributed by atoms with E-state index in [1.54, 1.807) is 7.11 Å². The summed E-state index contributed by atoms with van der Waals surface area (Å²) in [5.41, 5.74) is 0.921. The van der Waals surface area contributed by atoms with E-state index < -0.39 is 0 Å². The SMILES string of the molecule is CO[C@H]1CCOC2(C1)CN(C(=O)[C@@H]1Cc3ccccc3O1)C2. The number of likely N-dealkylation sites (tertiary alicyclic amines) is 1. The Kier molecular flexibility index (Phi) is 3.35. The Morgan fingerprint density at radius 1 is 1.36 bits per heavy atom. The molecule has 1 amide bonds. The predicted molar refractivity (Wildman–Crippen MR) is 79.9 cm³/mol. The van der Waals surface area contributed by atoms with E-state index in [9.17, 15) is 4.79 Å². The van der Waals surface area contributed by atoms with Gasteiger partial charge in [-0.3, -0.25) is 4.79 Å². The molecule has 1 aromatic carbocycles. The fourth-order valence-electron chi connectivity index (χ4n) is 3.73. The molecule has 3 heterocycles. The number of hydrogen-bond acceptors (Lipinski definition) is 4. The summed E-state index contributed by atoms with van der Waals surface area (Å²) in [4.78, 5) is 14.4. The summed E-state index contributed by atoms with van der Waals surface area (Å²) in [5.74, 6) is 0.911. The highest BCUT2D eigenvalue weighted by Gasteiger charge is 2.51. The zero-order chi connectivity index (χ0) is 15.2. The Morgan fingerprint density at radius 2 is 2.18 bits per heavy atom. The zero-order valence-electron chi connectivity index (χ0n) is 12.8. The number of hydrogen-bond donors (Lipinski definition) is 0. The summed E-state index contributed by atoms with van der Waals surface area (Å²) in [7, 11) is 1.74. The highest BCUT2D eigenvalue weighted by molar-refractivity contribution is 5.83. The summed E-state index contributed by atoms with van der Waals surface area (Å²) in [6.45, 7) is 2.02. The molecule has 0 unspecified atom stereocenters. The topological polar surface area (TPSA) is 48.0 Å². The summed E-state index contributed by atoms with van der Waals surface area (Å²) in [5, 5.41) is 0. The molecule has 3 aliphatic heterocycles. The minimum absolute atomic E-state index is 0.0740. The van der Waals surface area contributed by atoms with Gasteiger partial charge in [0.25, 0.3) is 5.91 Å². The molecule has 2 fully saturated rings. The number of fused-ring (bicyclic) bond motifs is 1. The highest BCUT2D eigenvalue weighted by Crippen LogP contribution is 2.37. The van der Waals surface area contributed by atoms with Crippen molar-refractivity contribution >= 4 is 5.91 Å². The van der Waals surface area contributed by atoms with Crippen molar-refractivity contribution in [3.05, 3.63) is 29.8 Å². The largest absolute Gasteiger partial charge is 0.480 e. The first-order valence-corrected chi connectivity index (χ1v) is 7.89. The number of rotatable bonds is 2. The van der Waals surface area contributed by atoms with Crippen LogP contribution in [0.3, 0.4) is 0 Å². The van der Waals surface area contributed by atoms with Crippen LogP contribution in [0, 0.1) is 0 Å². The molecule has 0 aliphatic carbocycles. The first-order valence-electron chi connectivity index (χ1n) is 7.89. The van der Waals surface area contributed by atoms with Gasteiger partial charge < -0.3 is 19.1 Å². The van der Waals surface area contributed by atoms with Gasteiger partial charge in [0.1, 0.15) is 11.4 Å². The van der Waals surface area contributed by atoms with E-state index in [-0.39, 0.29) is 23.7 Å². The van der Waals surface area contributed by atoms with Crippen molar-refractivity contribution in [3.63, 3.8) is 0 Å². The number of benzene rings is 1. The van der Waals surface area contributed by atoms with Crippen LogP contribution in [-0.2, 0) is 20.7 Å². The van der Waals surface area contributed by atoms with Gasteiger partial charge in [-0.05, 0) is 18.1 Å². The normalized spacial score (nSPS) is 28.9. The van der Waals surface area contributed by atoms with Crippen molar-refractivity contribution in [2.45, 2.75) is 37.1 Å². The Hall–Kier alpha value is -1.59. The van der Waals surface area contributed by atoms with Crippen molar-refractivity contribution < 1.29 is 19.0 Å². The van der Waals surface area contributed by atoms with Gasteiger partial charge in [0.05, 0.1) is 19.2 Å². The predicted octanol–water partition coefficient (Wildman–Crippen LogP) is 1.40. The summed E-state index contributed by atoms with van der Waals surface area (Å²) < 4.78 is 17.2. The molecule has 1 spiro atoms. The van der Waals surface area contributed by atoms with E-state index in [0.29, 0.717) is 26.1 Å². The van der Waals surface area contributed by atoms with Crippen LogP contribution in [0.15, 0.2) is 24.3 Å². The molecule has 0 radical (unpaired) electrons. The third-order valence-electron chi connectivity index (χ3n) is 4.97. The number of carbonyl (C=O) groups is 1. The lowest BCUT2D eigenvalue weighted by molar-refractivity contribution is -0.201. The third kappa shape index (κ3) is 2.29. The first kappa shape index (κ1) is 14.0. The average Bonchev–Trinajstić information content (AvgIpc) is 2.96. The molecule has 4 rings (SSSR count). The van der Waals surface area contributed by atoms with E-state index >= 15 is 0 Å². The van der Waals surface area contributed by atoms with Crippen LogP contribution >= 0.6 is 0 Å². The molecule has 0 N–H and O–H groups in total. The molecule has 22 heavy (non-hydrogen) atoms. The Balaban J connectivity index is 1.37. The smallest absolute Gasteiger partial charge is 0.264 e. The van der Waals surface area contributed by atoms with E-state index in [0.717, 1.165) is 24.2 Å². The fraction of sp³-hybridized carbons (Fsp3) is 0.588. The monoisotopic (exact) mass is 303 g/mol. The number of nitrogens with zero attached hydrogens (tertiary/aromatic N) is 1. The molecule has 1 aromatic rings. The van der Waals surface area contributed by atoms with Gasteiger partial charge in [-0.1, -0.05) is 18.2 Å². The van der Waals surface area contributed by atoms with Gasteiger partial charge in [0.15, 0.2) is 6.10 Å². The summed E-state index contributed by atoms with van der Waals surface area (Å²) in [6.07, 6.45) is 2.35. The van der Waals surface area contributed by atoms with Gasteiger partial charge in [-0.25, -0.2) is 0 Å². The van der Waals surface area contributed by atoms with Crippen LogP contribution in [-0.4, -0.2) is 55.4 Å². The first-order chi connectivity index (χ1) is 10.7. The molecule has 3 aliphatic rings. The minimum Gasteiger partial charge on any atom is -0.480 e. The van der Waals surface area contributed by atoms with Crippen molar-refractivity contribution in [1.82, 2.24) is 4.90 Å². The van der Waals surface area contributed by atoms with Crippen molar-refractivity contribution in [2.24, 2.45) is 0 Å². The number of amides is 1. The molecule has 0 aromatic heterocycles. The second-order valence-electron chi connectivity index (χ2n) is 6.49. The fourth-order valence-corrected chi connectivity index (χ4v) is 3.73. The van der Waals surface area contributed by atoms with Crippen LogP contribution in [0.4, 0.5) is 0 Å². The van der Waals surface area contributed by atoms with E-state index in [1.807, 2.05) is 29.2 Å². The number of methoxy groups -OCH3 is 1. The van der Waals surface area contributed by atoms with Crippen LogP contribution in [0.1, 0.15) is 18.4 Å². The quantitative estimate of drug-likeness (QED) is 0.828. The molecule has 118 valence electrons. The van der Waals surface area contributed by atoms with Crippen molar-refractivity contribution in [2.75, 3.05) is 26.8 Å². The van der Waals surface area contributed by atoms with Crippen LogP contribution in [0.5, 0.6) is 5.75 Å². The average molecular weight is 303 g/mol. The second kappa shape index (κ2) is 5.25. The van der Waals surface area contributed by atoms with Gasteiger partial charge in [0.2, 0.25) is 0 Å². The zero-order valence-corrected chi connectivity index (χ0v) is 12.8. The lowest BCUT2D eigenvalue weighted by atomic mass is 9.84. The Bertz CT molecular complexity index is 557. The molecule has 2 saturated heterocycles. The molecular weight excluding hydrogens is 282 g/mol. The maximum atomic E-state index is 12.6. The van der Waals surface area contributed by atoms with Gasteiger partial charge in [-0.2, -0.15) is 0 Å². The maximum absolute atomic E-state index is 12.6. The number of carbonyl (C=O) groups excluding carboxylic acids is 1. The number of ether oxygens (including phenoxy) is 3. The molecule has 2 atom stereocenters. The second-order valence-corrected chi connectivity index (χ2v) is 6.49. The lowest BCUT2D eigenvalue weighted by Crippen LogP contribution is -2.68. The van der Waals surface area contributed by atoms with Crippen molar-refractivity contribution in [3.8, 4) is 5.75 Å². The van der Waals surface area contributed by atoms with Crippen LogP contribution in [0.2, 0.25) is 0 Å². The minimum atomic E-state index is -0.378. The standard InChI is InChI=1S/C17H21NO4/c1-20-13-6-7-21-17(9-13)10-18(11-17)16(19)15-8-12-4-2-3-5-14(12)22-15/h2-5,13,15H,6-11H2,1H3/t13-,15-/m0/s1. The Morgan fingerprint density at radius 3 is 2.95 bits per heavy atom. The third-order valence-corrected chi connectivity index (χ3v) is 4.97. The maximum Gasteiger partial charge on any atom is 0.264 e. The van der Waals surface area contributed by atoms with Crippen molar-refractivity contribution in [1.29, 1.82) is 0 Å². The van der Waals surface area contributed by atoms with E-state index in [2.05, 4.69) is 0 Å². The van der Waals surface area contributed by atoms with Crippen LogP contribution in [0.25, 0.3) is 0 Å². The molecule has 0 bridgehead atoms. The van der Waals surface area contributed by atoms with E-state index in [4.69, 9.17) is 14.2 Å². The molecule has 5 nitrogen and oxygen atoms in total. The molecule has 5 heteroatoms. The summed E-state index contributed by atoms with van der Waals surface area (Å²) >= 11 is 0.